The molecule has 0 radical (unpaired) electrons. The van der Waals surface area contributed by atoms with E-state index in [9.17, 15) is 0 Å². The van der Waals surface area contributed by atoms with Crippen molar-refractivity contribution in [2.75, 3.05) is 4.90 Å². The number of hydrogen-bond acceptors (Lipinski definition) is 4. The van der Waals surface area contributed by atoms with E-state index in [0.29, 0.717) is 0 Å². The minimum absolute atomic E-state index is 0.946. The molecule has 148 valence electrons. The number of anilines is 3. The molecular formula is C27H20N4. The van der Waals surface area contributed by atoms with Crippen LogP contribution in [0.4, 0.5) is 17.1 Å². The van der Waals surface area contributed by atoms with Gasteiger partial charge in [-0.15, -0.1) is 0 Å². The molecular weight excluding hydrogens is 380 g/mol. The monoisotopic (exact) mass is 400 g/mol. The Morgan fingerprint density at radius 2 is 1.00 bits per heavy atom. The summed E-state index contributed by atoms with van der Waals surface area (Å²) < 4.78 is 0. The van der Waals surface area contributed by atoms with E-state index in [1.54, 1.807) is 0 Å². The highest BCUT2D eigenvalue weighted by Gasteiger charge is 2.14. The minimum Gasteiger partial charge on any atom is -0.310 e. The molecule has 0 unspecified atom stereocenters. The first-order valence-electron chi connectivity index (χ1n) is 10.1. The van der Waals surface area contributed by atoms with E-state index >= 15 is 0 Å². The summed E-state index contributed by atoms with van der Waals surface area (Å²) in [5.74, 6) is 0. The molecule has 5 aromatic rings. The highest BCUT2D eigenvalue weighted by molar-refractivity contribution is 5.81. The highest BCUT2D eigenvalue weighted by atomic mass is 15.1. The fourth-order valence-corrected chi connectivity index (χ4v) is 3.62. The lowest BCUT2D eigenvalue weighted by atomic mass is 10.1. The third-order valence-corrected chi connectivity index (χ3v) is 5.05. The zero-order chi connectivity index (χ0) is 20.9. The molecule has 0 aliphatic rings. The number of pyridine rings is 3. The summed E-state index contributed by atoms with van der Waals surface area (Å²) >= 11 is 0. The van der Waals surface area contributed by atoms with Crippen LogP contribution in [0.1, 0.15) is 0 Å². The smallest absolute Gasteiger partial charge is 0.0702 e. The summed E-state index contributed by atoms with van der Waals surface area (Å²) in [6, 6.07) is 32.8. The van der Waals surface area contributed by atoms with E-state index in [-0.39, 0.29) is 0 Å². The standard InChI is InChI=1S/C27H20N4/c1-3-15-29-26(11-1)21-7-5-9-24(19-21)31(23-13-17-28-18-14-23)25-10-6-8-22(20-25)27-12-2-4-16-30-27/h1-20H. The summed E-state index contributed by atoms with van der Waals surface area (Å²) in [5.41, 5.74) is 7.16. The van der Waals surface area contributed by atoms with Crippen LogP contribution in [0.5, 0.6) is 0 Å². The van der Waals surface area contributed by atoms with Crippen molar-refractivity contribution in [2.24, 2.45) is 0 Å². The lowest BCUT2D eigenvalue weighted by Gasteiger charge is -2.26. The maximum atomic E-state index is 4.51. The van der Waals surface area contributed by atoms with Gasteiger partial charge in [0, 0.05) is 53.0 Å². The molecule has 3 aromatic heterocycles. The van der Waals surface area contributed by atoms with Crippen molar-refractivity contribution in [3.05, 3.63) is 122 Å². The van der Waals surface area contributed by atoms with Gasteiger partial charge >= 0.3 is 0 Å². The normalized spacial score (nSPS) is 10.6. The van der Waals surface area contributed by atoms with Crippen LogP contribution in [0.2, 0.25) is 0 Å². The largest absolute Gasteiger partial charge is 0.310 e. The van der Waals surface area contributed by atoms with E-state index in [1.807, 2.05) is 73.3 Å². The SMILES string of the molecule is c1ccc(-c2cccc(N(c3ccncc3)c3cccc(-c4ccccn4)c3)c2)nc1. The molecule has 0 bridgehead atoms. The number of benzene rings is 2. The van der Waals surface area contributed by atoms with Crippen molar-refractivity contribution in [2.45, 2.75) is 0 Å². The van der Waals surface area contributed by atoms with Crippen LogP contribution in [0.15, 0.2) is 122 Å². The maximum Gasteiger partial charge on any atom is 0.0702 e. The number of aromatic nitrogens is 3. The third-order valence-electron chi connectivity index (χ3n) is 5.05. The second-order valence-corrected chi connectivity index (χ2v) is 7.07. The number of nitrogens with zero attached hydrogens (tertiary/aromatic N) is 4. The van der Waals surface area contributed by atoms with E-state index in [1.165, 1.54) is 0 Å². The van der Waals surface area contributed by atoms with Gasteiger partial charge in [-0.25, -0.2) is 0 Å². The fraction of sp³-hybridized carbons (Fsp3) is 0. The Morgan fingerprint density at radius 1 is 0.452 bits per heavy atom. The first-order chi connectivity index (χ1) is 15.4. The van der Waals surface area contributed by atoms with Gasteiger partial charge in [0.15, 0.2) is 0 Å². The van der Waals surface area contributed by atoms with Gasteiger partial charge in [0.2, 0.25) is 0 Å². The van der Waals surface area contributed by atoms with Crippen molar-refractivity contribution in [3.8, 4) is 22.5 Å². The predicted molar refractivity (Wildman–Crippen MR) is 125 cm³/mol. The Morgan fingerprint density at radius 3 is 1.48 bits per heavy atom. The molecule has 3 heterocycles. The van der Waals surface area contributed by atoms with Gasteiger partial charge in [-0.05, 0) is 60.7 Å². The van der Waals surface area contributed by atoms with Crippen LogP contribution in [0.3, 0.4) is 0 Å². The van der Waals surface area contributed by atoms with Crippen LogP contribution in [-0.4, -0.2) is 15.0 Å². The van der Waals surface area contributed by atoms with Gasteiger partial charge in [-0.3, -0.25) is 15.0 Å². The number of rotatable bonds is 5. The molecule has 0 saturated heterocycles. The summed E-state index contributed by atoms with van der Waals surface area (Å²) in [5, 5.41) is 0. The zero-order valence-electron chi connectivity index (χ0n) is 16.8. The molecule has 4 heteroatoms. The van der Waals surface area contributed by atoms with E-state index in [0.717, 1.165) is 39.6 Å². The first-order valence-corrected chi connectivity index (χ1v) is 10.1. The van der Waals surface area contributed by atoms with Gasteiger partial charge in [0.25, 0.3) is 0 Å². The topological polar surface area (TPSA) is 41.9 Å². The molecule has 0 fully saturated rings. The van der Waals surface area contributed by atoms with E-state index < -0.39 is 0 Å². The fourth-order valence-electron chi connectivity index (χ4n) is 3.62. The van der Waals surface area contributed by atoms with Crippen molar-refractivity contribution >= 4 is 17.1 Å². The van der Waals surface area contributed by atoms with Gasteiger partial charge in [0.1, 0.15) is 0 Å². The van der Waals surface area contributed by atoms with Gasteiger partial charge in [0.05, 0.1) is 11.4 Å². The molecule has 0 spiro atoms. The lowest BCUT2D eigenvalue weighted by Crippen LogP contribution is -2.10. The third kappa shape index (κ3) is 4.05. The summed E-state index contributed by atoms with van der Waals surface area (Å²) in [7, 11) is 0. The van der Waals surface area contributed by atoms with Crippen molar-refractivity contribution in [3.63, 3.8) is 0 Å². The second kappa shape index (κ2) is 8.59. The van der Waals surface area contributed by atoms with Gasteiger partial charge < -0.3 is 4.90 Å². The van der Waals surface area contributed by atoms with Crippen LogP contribution in [0.25, 0.3) is 22.5 Å². The van der Waals surface area contributed by atoms with E-state index in [4.69, 9.17) is 0 Å². The molecule has 0 atom stereocenters. The molecule has 0 aliphatic carbocycles. The van der Waals surface area contributed by atoms with Crippen LogP contribution >= 0.6 is 0 Å². The second-order valence-electron chi connectivity index (χ2n) is 7.07. The molecule has 0 amide bonds. The Labute approximate surface area is 181 Å². The molecule has 0 N–H and O–H groups in total. The average molecular weight is 400 g/mol. The summed E-state index contributed by atoms with van der Waals surface area (Å²) in [6.45, 7) is 0. The average Bonchev–Trinajstić information content (AvgIpc) is 2.86. The number of hydrogen-bond donors (Lipinski definition) is 0. The Balaban J connectivity index is 1.63. The highest BCUT2D eigenvalue weighted by Crippen LogP contribution is 2.37. The van der Waals surface area contributed by atoms with Crippen molar-refractivity contribution < 1.29 is 0 Å². The molecule has 0 aliphatic heterocycles. The van der Waals surface area contributed by atoms with Crippen molar-refractivity contribution in [1.82, 2.24) is 15.0 Å². The van der Waals surface area contributed by atoms with E-state index in [2.05, 4.69) is 68.4 Å². The van der Waals surface area contributed by atoms with Crippen molar-refractivity contribution in [1.29, 1.82) is 0 Å². The van der Waals surface area contributed by atoms with Gasteiger partial charge in [-0.2, -0.15) is 0 Å². The zero-order valence-corrected chi connectivity index (χ0v) is 16.8. The predicted octanol–water partition coefficient (Wildman–Crippen LogP) is 6.68. The molecule has 5 rings (SSSR count). The molecule has 0 saturated carbocycles. The molecule has 31 heavy (non-hydrogen) atoms. The quantitative estimate of drug-likeness (QED) is 0.330. The molecule has 2 aromatic carbocycles. The first kappa shape index (κ1) is 18.7. The Bertz CT molecular complexity index is 1190. The maximum absolute atomic E-state index is 4.51. The van der Waals surface area contributed by atoms with Gasteiger partial charge in [-0.1, -0.05) is 36.4 Å². The van der Waals surface area contributed by atoms with Crippen LogP contribution in [0, 0.1) is 0 Å². The molecule has 4 nitrogen and oxygen atoms in total. The Hall–Kier alpha value is -4.31. The summed E-state index contributed by atoms with van der Waals surface area (Å²) in [4.78, 5) is 15.4. The lowest BCUT2D eigenvalue weighted by molar-refractivity contribution is 1.24. The Kier molecular flexibility index (Phi) is 5.18. The summed E-state index contributed by atoms with van der Waals surface area (Å²) in [6.07, 6.45) is 7.26. The minimum atomic E-state index is 0.946. The van der Waals surface area contributed by atoms with Crippen LogP contribution in [-0.2, 0) is 0 Å². The van der Waals surface area contributed by atoms with Crippen LogP contribution < -0.4 is 4.90 Å².